The van der Waals surface area contributed by atoms with Crippen molar-refractivity contribution in [3.63, 3.8) is 0 Å². The minimum atomic E-state index is 0.834. The molecule has 0 nitrogen and oxygen atoms in total. The molecular weight excluding hydrogens is 128 g/mol. The second kappa shape index (κ2) is 3.31. The summed E-state index contributed by atoms with van der Waals surface area (Å²) in [4.78, 5) is 1.59. The van der Waals surface area contributed by atoms with Crippen molar-refractivity contribution >= 4 is 11.8 Å². The van der Waals surface area contributed by atoms with Gasteiger partial charge in [-0.15, -0.1) is 11.8 Å². The van der Waals surface area contributed by atoms with Crippen LogP contribution in [0.25, 0.3) is 0 Å². The molecule has 9 heavy (non-hydrogen) atoms. The third kappa shape index (κ3) is 2.05. The third-order valence-electron chi connectivity index (χ3n) is 1.82. The summed E-state index contributed by atoms with van der Waals surface area (Å²) in [5, 5.41) is 0. The van der Waals surface area contributed by atoms with E-state index in [1.54, 1.807) is 4.91 Å². The molecule has 1 aliphatic rings. The monoisotopic (exact) mass is 142 g/mol. The van der Waals surface area contributed by atoms with Gasteiger partial charge in [-0.3, -0.25) is 0 Å². The highest BCUT2D eigenvalue weighted by Crippen LogP contribution is 2.28. The van der Waals surface area contributed by atoms with Crippen LogP contribution in [0.2, 0.25) is 0 Å². The van der Waals surface area contributed by atoms with Gasteiger partial charge < -0.3 is 0 Å². The molecule has 52 valence electrons. The molecule has 0 bridgehead atoms. The van der Waals surface area contributed by atoms with Crippen molar-refractivity contribution in [3.8, 4) is 0 Å². The van der Waals surface area contributed by atoms with Crippen molar-refractivity contribution in [2.75, 3.05) is 6.26 Å². The predicted octanol–water partition coefficient (Wildman–Crippen LogP) is 3.05. The fraction of sp³-hybridized carbons (Fsp3) is 0.750. The van der Waals surface area contributed by atoms with Gasteiger partial charge in [0.15, 0.2) is 0 Å². The first-order valence-corrected chi connectivity index (χ1v) is 4.80. The molecule has 0 spiro atoms. The molecule has 0 aromatic heterocycles. The summed E-state index contributed by atoms with van der Waals surface area (Å²) in [5.41, 5.74) is 0. The summed E-state index contributed by atoms with van der Waals surface area (Å²) in [6.07, 6.45) is 8.70. The van der Waals surface area contributed by atoms with E-state index in [-0.39, 0.29) is 0 Å². The van der Waals surface area contributed by atoms with E-state index in [2.05, 4.69) is 19.3 Å². The average Bonchev–Trinajstić information content (AvgIpc) is 1.88. The van der Waals surface area contributed by atoms with Gasteiger partial charge in [-0.2, -0.15) is 0 Å². The first kappa shape index (κ1) is 7.20. The molecule has 0 saturated carbocycles. The summed E-state index contributed by atoms with van der Waals surface area (Å²) >= 11 is 1.91. The van der Waals surface area contributed by atoms with Gasteiger partial charge >= 0.3 is 0 Å². The Kier molecular flexibility index (Phi) is 2.65. The second-order valence-electron chi connectivity index (χ2n) is 2.71. The molecule has 0 aromatic carbocycles. The first-order valence-electron chi connectivity index (χ1n) is 3.57. The lowest BCUT2D eigenvalue weighted by atomic mass is 9.98. The topological polar surface area (TPSA) is 0 Å². The SMILES string of the molecule is CSC1=CC(C)CCC1. The van der Waals surface area contributed by atoms with Gasteiger partial charge in [0.1, 0.15) is 0 Å². The van der Waals surface area contributed by atoms with Crippen LogP contribution in [0.15, 0.2) is 11.0 Å². The van der Waals surface area contributed by atoms with Gasteiger partial charge in [0.2, 0.25) is 0 Å². The van der Waals surface area contributed by atoms with Gasteiger partial charge in [0.25, 0.3) is 0 Å². The normalized spacial score (nSPS) is 27.8. The van der Waals surface area contributed by atoms with Crippen LogP contribution in [-0.2, 0) is 0 Å². The fourth-order valence-electron chi connectivity index (χ4n) is 1.25. The molecule has 1 rings (SSSR count). The molecule has 0 aliphatic heterocycles. The van der Waals surface area contributed by atoms with Crippen LogP contribution >= 0.6 is 11.8 Å². The Bertz CT molecular complexity index is 116. The lowest BCUT2D eigenvalue weighted by Gasteiger charge is -2.15. The maximum atomic E-state index is 2.41. The number of hydrogen-bond acceptors (Lipinski definition) is 1. The molecule has 0 aromatic rings. The lowest BCUT2D eigenvalue weighted by Crippen LogP contribution is -1.97. The van der Waals surface area contributed by atoms with Crippen LogP contribution in [-0.4, -0.2) is 6.26 Å². The maximum Gasteiger partial charge on any atom is -0.0140 e. The van der Waals surface area contributed by atoms with Crippen molar-refractivity contribution in [1.29, 1.82) is 0 Å². The summed E-state index contributed by atoms with van der Waals surface area (Å²) < 4.78 is 0. The Morgan fingerprint density at radius 1 is 1.67 bits per heavy atom. The van der Waals surface area contributed by atoms with Gasteiger partial charge in [0.05, 0.1) is 0 Å². The van der Waals surface area contributed by atoms with E-state index in [1.807, 2.05) is 11.8 Å². The predicted molar refractivity (Wildman–Crippen MR) is 44.6 cm³/mol. The Labute approximate surface area is 61.7 Å². The Morgan fingerprint density at radius 3 is 2.89 bits per heavy atom. The van der Waals surface area contributed by atoms with Gasteiger partial charge in [-0.1, -0.05) is 13.0 Å². The molecule has 0 heterocycles. The minimum Gasteiger partial charge on any atom is -0.134 e. The van der Waals surface area contributed by atoms with E-state index >= 15 is 0 Å². The van der Waals surface area contributed by atoms with Crippen LogP contribution in [0.1, 0.15) is 26.2 Å². The van der Waals surface area contributed by atoms with E-state index in [0.717, 1.165) is 5.92 Å². The van der Waals surface area contributed by atoms with Crippen LogP contribution in [0.3, 0.4) is 0 Å². The minimum absolute atomic E-state index is 0.834. The van der Waals surface area contributed by atoms with Crippen molar-refractivity contribution < 1.29 is 0 Å². The summed E-state index contributed by atoms with van der Waals surface area (Å²) in [6.45, 7) is 2.30. The molecule has 0 amide bonds. The second-order valence-corrected chi connectivity index (χ2v) is 3.64. The molecule has 1 atom stereocenters. The van der Waals surface area contributed by atoms with E-state index in [0.29, 0.717) is 0 Å². The van der Waals surface area contributed by atoms with Crippen LogP contribution in [0.5, 0.6) is 0 Å². The highest BCUT2D eigenvalue weighted by atomic mass is 32.2. The molecular formula is C8H14S. The Hall–Kier alpha value is 0.0900. The molecule has 1 aliphatic carbocycles. The molecule has 0 N–H and O–H groups in total. The molecule has 1 unspecified atom stereocenters. The summed E-state index contributed by atoms with van der Waals surface area (Å²) in [7, 11) is 0. The van der Waals surface area contributed by atoms with Crippen molar-refractivity contribution in [3.05, 3.63) is 11.0 Å². The van der Waals surface area contributed by atoms with Crippen LogP contribution < -0.4 is 0 Å². The Balaban J connectivity index is 2.49. The quantitative estimate of drug-likeness (QED) is 0.542. The van der Waals surface area contributed by atoms with Gasteiger partial charge in [-0.25, -0.2) is 0 Å². The van der Waals surface area contributed by atoms with E-state index < -0.39 is 0 Å². The number of rotatable bonds is 1. The smallest absolute Gasteiger partial charge is 0.0140 e. The summed E-state index contributed by atoms with van der Waals surface area (Å²) in [6, 6.07) is 0. The highest BCUT2D eigenvalue weighted by molar-refractivity contribution is 8.02. The molecule has 0 saturated heterocycles. The zero-order valence-electron chi connectivity index (χ0n) is 6.18. The third-order valence-corrected chi connectivity index (χ3v) is 2.68. The number of allylic oxidation sites excluding steroid dienone is 2. The zero-order valence-corrected chi connectivity index (χ0v) is 7.00. The molecule has 0 radical (unpaired) electrons. The largest absolute Gasteiger partial charge is 0.134 e. The highest BCUT2D eigenvalue weighted by Gasteiger charge is 2.07. The van der Waals surface area contributed by atoms with Crippen molar-refractivity contribution in [1.82, 2.24) is 0 Å². The lowest BCUT2D eigenvalue weighted by molar-refractivity contribution is 0.580. The fourth-order valence-corrected chi connectivity index (χ4v) is 1.97. The maximum absolute atomic E-state index is 2.41. The summed E-state index contributed by atoms with van der Waals surface area (Å²) in [5.74, 6) is 0.834. The van der Waals surface area contributed by atoms with Gasteiger partial charge in [0, 0.05) is 0 Å². The van der Waals surface area contributed by atoms with E-state index in [9.17, 15) is 0 Å². The number of thioether (sulfide) groups is 1. The first-order chi connectivity index (χ1) is 4.33. The van der Waals surface area contributed by atoms with Gasteiger partial charge in [-0.05, 0) is 36.3 Å². The van der Waals surface area contributed by atoms with Crippen molar-refractivity contribution in [2.24, 2.45) is 5.92 Å². The van der Waals surface area contributed by atoms with Crippen molar-refractivity contribution in [2.45, 2.75) is 26.2 Å². The molecule has 1 heteroatoms. The zero-order chi connectivity index (χ0) is 6.69. The van der Waals surface area contributed by atoms with Crippen LogP contribution in [0, 0.1) is 5.92 Å². The van der Waals surface area contributed by atoms with E-state index in [1.165, 1.54) is 19.3 Å². The van der Waals surface area contributed by atoms with Crippen LogP contribution in [0.4, 0.5) is 0 Å². The number of hydrogen-bond donors (Lipinski definition) is 0. The Morgan fingerprint density at radius 2 is 2.44 bits per heavy atom. The van der Waals surface area contributed by atoms with E-state index in [4.69, 9.17) is 0 Å². The standard InChI is InChI=1S/C8H14S/c1-7-4-3-5-8(6-7)9-2/h6-7H,3-5H2,1-2H3. The average molecular weight is 142 g/mol. The molecule has 0 fully saturated rings.